The number of halogens is 3. The lowest BCUT2D eigenvalue weighted by Crippen LogP contribution is -2.51. The Kier molecular flexibility index (Phi) is 6.48. The van der Waals surface area contributed by atoms with Gasteiger partial charge in [-0.3, -0.25) is 4.90 Å². The van der Waals surface area contributed by atoms with Crippen LogP contribution in [0.15, 0.2) is 24.3 Å². The maximum atomic E-state index is 16.9. The van der Waals surface area contributed by atoms with Crippen molar-refractivity contribution in [2.75, 3.05) is 37.7 Å². The first-order chi connectivity index (χ1) is 21.8. The van der Waals surface area contributed by atoms with Crippen LogP contribution in [0, 0.1) is 24.0 Å². The summed E-state index contributed by atoms with van der Waals surface area (Å²) in [6.07, 6.45) is 7.27. The number of hydrogen-bond acceptors (Lipinski definition) is 9. The molecule has 3 saturated heterocycles. The zero-order valence-electron chi connectivity index (χ0n) is 24.3. The number of rotatable bonds is 4. The highest BCUT2D eigenvalue weighted by Crippen LogP contribution is 2.45. The number of phenolic OH excluding ortho intramolecular Hbond substituents is 1. The van der Waals surface area contributed by atoms with Crippen LogP contribution in [0.1, 0.15) is 37.7 Å². The first-order valence-electron chi connectivity index (χ1n) is 15.2. The van der Waals surface area contributed by atoms with Crippen molar-refractivity contribution in [3.63, 3.8) is 0 Å². The maximum absolute atomic E-state index is 16.9. The summed E-state index contributed by atoms with van der Waals surface area (Å²) in [6, 6.07) is 4.73. The van der Waals surface area contributed by atoms with Gasteiger partial charge in [0.2, 0.25) is 5.88 Å². The van der Waals surface area contributed by atoms with Crippen LogP contribution >= 0.6 is 0 Å². The smallest absolute Gasteiger partial charge is 0.319 e. The van der Waals surface area contributed by atoms with Crippen molar-refractivity contribution in [1.29, 1.82) is 0 Å². The minimum absolute atomic E-state index is 0.0244. The fourth-order valence-corrected chi connectivity index (χ4v) is 7.72. The molecule has 9 nitrogen and oxygen atoms in total. The number of phenols is 1. The number of nitrogens with zero attached hydrogens (tertiary/aromatic N) is 5. The summed E-state index contributed by atoms with van der Waals surface area (Å²) in [6.45, 7) is 1.84. The molecule has 12 heteroatoms. The van der Waals surface area contributed by atoms with E-state index in [1.54, 1.807) is 0 Å². The van der Waals surface area contributed by atoms with Crippen LogP contribution in [0.5, 0.6) is 17.6 Å². The highest BCUT2D eigenvalue weighted by molar-refractivity contribution is 6.04. The Morgan fingerprint density at radius 3 is 2.84 bits per heavy atom. The molecule has 4 atom stereocenters. The predicted octanol–water partition coefficient (Wildman–Crippen LogP) is 4.49. The fourth-order valence-electron chi connectivity index (χ4n) is 7.72. The molecule has 232 valence electrons. The van der Waals surface area contributed by atoms with Gasteiger partial charge in [0.05, 0.1) is 23.2 Å². The third-order valence-corrected chi connectivity index (χ3v) is 9.80. The first kappa shape index (κ1) is 28.2. The third kappa shape index (κ3) is 4.35. The van der Waals surface area contributed by atoms with E-state index in [2.05, 4.69) is 20.8 Å². The predicted molar refractivity (Wildman–Crippen MR) is 160 cm³/mol. The minimum atomic E-state index is -0.952. The Morgan fingerprint density at radius 1 is 1.13 bits per heavy atom. The lowest BCUT2D eigenvalue weighted by atomic mass is 9.95. The summed E-state index contributed by atoms with van der Waals surface area (Å²) >= 11 is 0. The van der Waals surface area contributed by atoms with Crippen molar-refractivity contribution in [2.24, 2.45) is 0 Å². The molecule has 0 amide bonds. The molecule has 8 rings (SSSR count). The van der Waals surface area contributed by atoms with E-state index >= 15 is 4.39 Å². The van der Waals surface area contributed by atoms with E-state index in [-0.39, 0.29) is 64.0 Å². The van der Waals surface area contributed by atoms with Crippen molar-refractivity contribution in [3.05, 3.63) is 41.5 Å². The Hall–Kier alpha value is -4.34. The normalized spacial score (nSPS) is 25.9. The number of aromatic hydroxyl groups is 1. The molecule has 0 bridgehead atoms. The lowest BCUT2D eigenvalue weighted by molar-refractivity contribution is 0.0875. The summed E-state index contributed by atoms with van der Waals surface area (Å²) in [4.78, 5) is 17.8. The van der Waals surface area contributed by atoms with E-state index in [1.807, 2.05) is 4.90 Å². The van der Waals surface area contributed by atoms with Gasteiger partial charge >= 0.3 is 6.01 Å². The second kappa shape index (κ2) is 10.4. The third-order valence-electron chi connectivity index (χ3n) is 9.80. The number of alkyl halides is 1. The largest absolute Gasteiger partial charge is 0.508 e. The molecule has 6 heterocycles. The molecular weight excluding hydrogens is 587 g/mol. The number of fused-ring (bicyclic) bond motifs is 4. The van der Waals surface area contributed by atoms with Crippen molar-refractivity contribution in [2.45, 2.75) is 56.0 Å². The topological polar surface area (TPSA) is 104 Å². The molecule has 4 aromatic rings. The van der Waals surface area contributed by atoms with Gasteiger partial charge in [0.25, 0.3) is 0 Å². The van der Waals surface area contributed by atoms with Gasteiger partial charge in [-0.1, -0.05) is 12.0 Å². The van der Waals surface area contributed by atoms with Crippen LogP contribution in [0.3, 0.4) is 0 Å². The molecule has 3 fully saturated rings. The van der Waals surface area contributed by atoms with Gasteiger partial charge < -0.3 is 24.6 Å². The van der Waals surface area contributed by atoms with Gasteiger partial charge in [-0.15, -0.1) is 6.42 Å². The second-order valence-corrected chi connectivity index (χ2v) is 12.4. The van der Waals surface area contributed by atoms with Crippen LogP contribution in [0.4, 0.5) is 19.0 Å². The number of hydrogen-bond donors (Lipinski definition) is 2. The van der Waals surface area contributed by atoms with E-state index in [1.165, 1.54) is 24.3 Å². The van der Waals surface area contributed by atoms with E-state index in [0.29, 0.717) is 43.6 Å². The van der Waals surface area contributed by atoms with E-state index in [9.17, 15) is 19.0 Å². The van der Waals surface area contributed by atoms with Gasteiger partial charge in [-0.25, -0.2) is 18.2 Å². The first-order valence-corrected chi connectivity index (χ1v) is 15.2. The Balaban J connectivity index is 1.34. The van der Waals surface area contributed by atoms with Crippen LogP contribution in [-0.4, -0.2) is 86.8 Å². The van der Waals surface area contributed by atoms with Gasteiger partial charge in [0.15, 0.2) is 5.82 Å². The number of terminal acetylenes is 1. The van der Waals surface area contributed by atoms with E-state index in [4.69, 9.17) is 20.9 Å². The number of aliphatic hydroxyl groups is 1. The van der Waals surface area contributed by atoms with E-state index in [0.717, 1.165) is 19.4 Å². The monoisotopic (exact) mass is 617 g/mol. The standard InChI is InChI=1S/C33H30F3N5O4/c1-2-20-22(35)7-6-17-11-19(42)12-21(25(17)20)28-27(36)29-26-30(41-10-3-5-24(43)23(41)15-44-31(26)37-28)39-32(38-29)45-16-33-8-4-9-40(33)14-18(34)13-33/h1,6-7,11-12,18,23-24,42-43H,3-5,8-10,13-16H2/t18-,23+,24+,33+/m1/s1. The number of ether oxygens (including phenoxy) is 2. The molecule has 4 aliphatic heterocycles. The zero-order chi connectivity index (χ0) is 31.0. The van der Waals surface area contributed by atoms with Crippen molar-refractivity contribution in [1.82, 2.24) is 19.9 Å². The minimum Gasteiger partial charge on any atom is -0.508 e. The fraction of sp³-hybridized carbons (Fsp3) is 0.424. The molecule has 45 heavy (non-hydrogen) atoms. The number of pyridine rings is 1. The van der Waals surface area contributed by atoms with Crippen LogP contribution < -0.4 is 14.4 Å². The van der Waals surface area contributed by atoms with Crippen molar-refractivity contribution < 1.29 is 32.9 Å². The van der Waals surface area contributed by atoms with Crippen molar-refractivity contribution in [3.8, 4) is 41.2 Å². The summed E-state index contributed by atoms with van der Waals surface area (Å²) in [5, 5.41) is 22.3. The molecule has 4 aliphatic rings. The number of aromatic nitrogens is 3. The number of benzene rings is 2. The maximum Gasteiger partial charge on any atom is 0.319 e. The Labute approximate surface area is 256 Å². The summed E-state index contributed by atoms with van der Waals surface area (Å²) in [7, 11) is 0. The van der Waals surface area contributed by atoms with Crippen LogP contribution in [-0.2, 0) is 0 Å². The highest BCUT2D eigenvalue weighted by atomic mass is 19.1. The average molecular weight is 618 g/mol. The SMILES string of the molecule is C#Cc1c(F)ccc2cc(O)cc(-c3nc4c5c(nc(OC[C@@]67CCCN6C[C@H](F)C7)nc5c3F)N3CCC[C@H](O)[C@@H]3CO4)c12. The van der Waals surface area contributed by atoms with Gasteiger partial charge in [-0.2, -0.15) is 9.97 Å². The molecule has 0 radical (unpaired) electrons. The summed E-state index contributed by atoms with van der Waals surface area (Å²) in [5.74, 6) is 0.940. The Morgan fingerprint density at radius 2 is 2.00 bits per heavy atom. The number of anilines is 1. The van der Waals surface area contributed by atoms with Crippen LogP contribution in [0.25, 0.3) is 32.9 Å². The number of piperidine rings is 1. The molecule has 0 spiro atoms. The van der Waals surface area contributed by atoms with Gasteiger partial charge in [-0.05, 0) is 55.8 Å². The lowest BCUT2D eigenvalue weighted by Gasteiger charge is -2.38. The molecule has 0 unspecified atom stereocenters. The summed E-state index contributed by atoms with van der Waals surface area (Å²) in [5.41, 5.74) is -0.940. The second-order valence-electron chi connectivity index (χ2n) is 12.4. The zero-order valence-corrected chi connectivity index (χ0v) is 24.3. The molecule has 0 saturated carbocycles. The molecule has 2 N–H and O–H groups in total. The van der Waals surface area contributed by atoms with Crippen LogP contribution in [0.2, 0.25) is 0 Å². The Bertz CT molecular complexity index is 1920. The molecule has 2 aromatic carbocycles. The van der Waals surface area contributed by atoms with Crippen molar-refractivity contribution >= 4 is 27.5 Å². The molecular formula is C33H30F3N5O4. The average Bonchev–Trinajstić information content (AvgIpc) is 3.49. The molecule has 2 aromatic heterocycles. The van der Waals surface area contributed by atoms with Gasteiger partial charge in [0, 0.05) is 30.5 Å². The number of aliphatic hydroxyl groups excluding tert-OH is 1. The molecule has 0 aliphatic carbocycles. The summed E-state index contributed by atoms with van der Waals surface area (Å²) < 4.78 is 58.5. The quantitative estimate of drug-likeness (QED) is 0.321. The highest BCUT2D eigenvalue weighted by Gasteiger charge is 2.49. The van der Waals surface area contributed by atoms with E-state index < -0.39 is 35.5 Å². The van der Waals surface area contributed by atoms with Gasteiger partial charge in [0.1, 0.15) is 53.4 Å².